The molecule has 7 aliphatic rings. The Bertz CT molecular complexity index is 2380. The van der Waals surface area contributed by atoms with E-state index in [4.69, 9.17) is 19.2 Å². The summed E-state index contributed by atoms with van der Waals surface area (Å²) in [5.41, 5.74) is 0.745. The van der Waals surface area contributed by atoms with E-state index in [1.165, 1.54) is 12.8 Å². The number of rotatable bonds is 18. The molecule has 1 aliphatic heterocycles. The van der Waals surface area contributed by atoms with Crippen LogP contribution in [0.1, 0.15) is 166 Å². The summed E-state index contributed by atoms with van der Waals surface area (Å²) in [6.45, 7) is 3.32. The van der Waals surface area contributed by atoms with Gasteiger partial charge in [0.25, 0.3) is 0 Å². The van der Waals surface area contributed by atoms with Gasteiger partial charge in [0.1, 0.15) is 5.60 Å². The Labute approximate surface area is 447 Å². The fourth-order valence-electron chi connectivity index (χ4n) is 16.5. The number of guanidine groups is 1. The summed E-state index contributed by atoms with van der Waals surface area (Å²) in [5.74, 6) is 7.09. The van der Waals surface area contributed by atoms with E-state index in [1.54, 1.807) is 13.2 Å². The summed E-state index contributed by atoms with van der Waals surface area (Å²) in [4.78, 5) is 20.8. The number of allylic oxidation sites excluding steroid dienone is 2. The van der Waals surface area contributed by atoms with Crippen LogP contribution in [-0.2, 0) is 21.4 Å². The molecule has 2 aromatic carbocycles. The molecule has 2 bridgehead atoms. The van der Waals surface area contributed by atoms with Crippen LogP contribution in [0.2, 0.25) is 0 Å². The second-order valence-electron chi connectivity index (χ2n) is 24.2. The van der Waals surface area contributed by atoms with E-state index >= 15 is 4.79 Å². The number of aliphatic imine (C=N–C) groups is 1. The monoisotopic (exact) mass is 1030 g/mol. The first-order valence-electron chi connectivity index (χ1n) is 29.4. The molecule has 0 radical (unpaired) electrons. The number of carbonyl (C=O) groups excluding carboxylic acids is 1. The second-order valence-corrected chi connectivity index (χ2v) is 24.2. The van der Waals surface area contributed by atoms with E-state index in [1.807, 2.05) is 25.3 Å². The van der Waals surface area contributed by atoms with Crippen LogP contribution in [0.25, 0.3) is 0 Å². The molecule has 0 aromatic heterocycles. The number of carbonyl (C=O) groups is 1. The van der Waals surface area contributed by atoms with Crippen molar-refractivity contribution in [3.8, 4) is 35.0 Å². The van der Waals surface area contributed by atoms with Gasteiger partial charge < -0.3 is 55.7 Å². The normalized spacial score (nSPS) is 33.2. The maximum Gasteiger partial charge on any atom is 0.210 e. The van der Waals surface area contributed by atoms with Crippen LogP contribution in [-0.4, -0.2) is 95.7 Å². The van der Waals surface area contributed by atoms with Crippen molar-refractivity contribution in [1.29, 1.82) is 0 Å². The predicted octanol–water partition coefficient (Wildman–Crippen LogP) is 10.1. The minimum absolute atomic E-state index is 0.00654. The van der Waals surface area contributed by atoms with Crippen molar-refractivity contribution in [3.63, 3.8) is 0 Å². The Balaban J connectivity index is 1.22. The van der Waals surface area contributed by atoms with Gasteiger partial charge >= 0.3 is 0 Å². The third-order valence-corrected chi connectivity index (χ3v) is 19.9. The standard InChI is InChI=1S/C62H90N4O9/c1-4-41-19-21-47-48(17-11-30-67)50-18-9-27-62(50)45-36-52(58(72)55(37-45)75-60(40-63-2)28-25-43(38-60)35-57(71)74-32-12-31-68)66-59(65-46-15-6-5-7-16-46)64-29-10-14-44-13-8-26-61(44,56(70)24-22-51(62)49(47)33-41)39-42-20-23-53(69)54(34-42)73-3/h20,22-24,34,36-37,41,43-44,46-51,57,63,67-69,71-72H,4-9,11-19,21,25-28,30-33,35,38-40H2,1-3H3,(H2,64,65,66). The van der Waals surface area contributed by atoms with Gasteiger partial charge in [0.15, 0.2) is 35.1 Å². The molecule has 6 fully saturated rings. The number of nitrogens with zero attached hydrogens (tertiary/aromatic N) is 1. The molecular weight excluding hydrogens is 945 g/mol. The predicted molar refractivity (Wildman–Crippen MR) is 294 cm³/mol. The van der Waals surface area contributed by atoms with Gasteiger partial charge in [0, 0.05) is 55.5 Å². The number of ether oxygens (including phenoxy) is 3. The summed E-state index contributed by atoms with van der Waals surface area (Å²) in [7, 11) is 3.50. The van der Waals surface area contributed by atoms with Crippen LogP contribution in [0.3, 0.4) is 0 Å². The van der Waals surface area contributed by atoms with Gasteiger partial charge in [-0.1, -0.05) is 69.9 Å². The van der Waals surface area contributed by atoms with Gasteiger partial charge in [0.2, 0.25) is 5.96 Å². The zero-order chi connectivity index (χ0) is 52.6. The number of anilines is 1. The van der Waals surface area contributed by atoms with Crippen molar-refractivity contribution < 1.29 is 44.5 Å². The van der Waals surface area contributed by atoms with E-state index in [2.05, 4.69) is 53.0 Å². The first kappa shape index (κ1) is 55.4. The number of likely N-dealkylation sites (N-methyl/N-ethyl adjacent to an activating group) is 1. The lowest BCUT2D eigenvalue weighted by molar-refractivity contribution is -0.125. The highest BCUT2D eigenvalue weighted by Gasteiger charge is 2.61. The minimum Gasteiger partial charge on any atom is -0.504 e. The van der Waals surface area contributed by atoms with Crippen LogP contribution in [0, 0.1) is 64.7 Å². The maximum atomic E-state index is 15.8. The summed E-state index contributed by atoms with van der Waals surface area (Å²) in [6.07, 6.45) is 24.8. The molecule has 12 unspecified atom stereocenters. The first-order valence-corrected chi connectivity index (χ1v) is 29.4. The van der Waals surface area contributed by atoms with E-state index in [0.29, 0.717) is 91.9 Å². The number of phenols is 2. The van der Waals surface area contributed by atoms with Gasteiger partial charge in [-0.3, -0.25) is 4.79 Å². The Morgan fingerprint density at radius 3 is 2.52 bits per heavy atom. The van der Waals surface area contributed by atoms with Crippen LogP contribution in [0.4, 0.5) is 5.69 Å². The Hall–Kier alpha value is -4.32. The van der Waals surface area contributed by atoms with Crippen molar-refractivity contribution in [2.75, 3.05) is 45.8 Å². The van der Waals surface area contributed by atoms with E-state index in [9.17, 15) is 25.5 Å². The van der Waals surface area contributed by atoms with Crippen LogP contribution in [0.5, 0.6) is 23.0 Å². The number of phenolic OH excluding ortho intramolecular Hbond substituents is 2. The van der Waals surface area contributed by atoms with Crippen LogP contribution < -0.4 is 25.4 Å². The fraction of sp³-hybridized carbons (Fsp3) is 0.710. The smallest absolute Gasteiger partial charge is 0.210 e. The zero-order valence-electron chi connectivity index (χ0n) is 45.4. The van der Waals surface area contributed by atoms with Crippen molar-refractivity contribution in [2.45, 2.75) is 184 Å². The summed E-state index contributed by atoms with van der Waals surface area (Å²) >= 11 is 0. The molecule has 1 heterocycles. The van der Waals surface area contributed by atoms with Crippen molar-refractivity contribution in [1.82, 2.24) is 10.6 Å². The number of hydrogen-bond donors (Lipinski definition) is 8. The average molecular weight is 1040 g/mol. The number of aliphatic hydroxyl groups is 3. The summed E-state index contributed by atoms with van der Waals surface area (Å²) in [6, 6.07) is 13.2. The number of fused-ring (bicyclic) bond motifs is 5. The highest BCUT2D eigenvalue weighted by Crippen LogP contribution is 2.67. The molecule has 0 amide bonds. The lowest BCUT2D eigenvalue weighted by atomic mass is 9.45. The largest absolute Gasteiger partial charge is 0.504 e. The van der Waals surface area contributed by atoms with Gasteiger partial charge in [-0.15, -0.1) is 0 Å². The van der Waals surface area contributed by atoms with Gasteiger partial charge in [-0.25, -0.2) is 0 Å². The third kappa shape index (κ3) is 11.9. The Morgan fingerprint density at radius 1 is 0.907 bits per heavy atom. The Morgan fingerprint density at radius 2 is 1.73 bits per heavy atom. The number of aliphatic hydroxyl groups excluding tert-OH is 3. The lowest BCUT2D eigenvalue weighted by Crippen LogP contribution is -2.55. The molecule has 0 saturated heterocycles. The van der Waals surface area contributed by atoms with Crippen molar-refractivity contribution in [2.24, 2.45) is 57.8 Å². The number of hydrogen-bond acceptors (Lipinski definition) is 13. The van der Waals surface area contributed by atoms with E-state index in [-0.39, 0.29) is 66.8 Å². The molecule has 2 aromatic rings. The van der Waals surface area contributed by atoms with Crippen LogP contribution >= 0.6 is 0 Å². The van der Waals surface area contributed by atoms with Crippen molar-refractivity contribution in [3.05, 3.63) is 53.6 Å². The lowest BCUT2D eigenvalue weighted by Gasteiger charge is -2.59. The van der Waals surface area contributed by atoms with Crippen molar-refractivity contribution >= 4 is 17.4 Å². The molecule has 9 rings (SSSR count). The number of ketones is 1. The van der Waals surface area contributed by atoms with Gasteiger partial charge in [0.05, 0.1) is 19.4 Å². The van der Waals surface area contributed by atoms with Gasteiger partial charge in [-0.05, 0) is 192 Å². The molecule has 6 aliphatic carbocycles. The Kier molecular flexibility index (Phi) is 18.5. The highest BCUT2D eigenvalue weighted by atomic mass is 16.6. The average Bonchev–Trinajstić information content (AvgIpc) is 4.19. The first-order chi connectivity index (χ1) is 36.5. The van der Waals surface area contributed by atoms with Crippen LogP contribution in [0.15, 0.2) is 47.5 Å². The molecule has 13 nitrogen and oxygen atoms in total. The quantitative estimate of drug-likeness (QED) is 0.0305. The third-order valence-electron chi connectivity index (χ3n) is 19.9. The second kappa shape index (κ2) is 25.0. The number of aromatic hydroxyl groups is 2. The molecule has 1 spiro atoms. The number of methoxy groups -OCH3 is 1. The topological polar surface area (TPSA) is 194 Å². The number of nitrogens with one attached hydrogen (secondary N) is 3. The highest BCUT2D eigenvalue weighted by molar-refractivity contribution is 5.97. The SMILES string of the molecule is CCC1CCC2C(C1)C1C=CC(=O)C3(Cc4ccc(O)c(OC)c4)CCCC3CC#CN=C(NC3CCCCC3)Nc3cc(cc(OC4(CNC)CCC(CC(O)OCCCO)C4)c3O)C13CCCC3C2CCCO. The molecular formula is C62H90N4O9. The minimum atomic E-state index is -0.945. The van der Waals surface area contributed by atoms with Gasteiger partial charge in [-0.2, -0.15) is 4.99 Å². The summed E-state index contributed by atoms with van der Waals surface area (Å²) < 4.78 is 18.7. The maximum absolute atomic E-state index is 15.8. The number of benzene rings is 2. The molecule has 8 N–H and O–H groups in total. The van der Waals surface area contributed by atoms with E-state index in [0.717, 1.165) is 114 Å². The molecule has 75 heavy (non-hydrogen) atoms. The fourth-order valence-corrected chi connectivity index (χ4v) is 16.5. The molecule has 12 atom stereocenters. The summed E-state index contributed by atoms with van der Waals surface area (Å²) in [5, 5.41) is 65.0. The molecule has 6 saturated carbocycles. The molecule has 13 heteroatoms. The molecule has 412 valence electrons. The van der Waals surface area contributed by atoms with E-state index < -0.39 is 22.7 Å². The zero-order valence-corrected chi connectivity index (χ0v) is 45.4.